The van der Waals surface area contributed by atoms with Crippen LogP contribution in [0, 0.1) is 0 Å². The van der Waals surface area contributed by atoms with Gasteiger partial charge in [-0.3, -0.25) is 4.79 Å². The molecule has 20 heavy (non-hydrogen) atoms. The number of benzene rings is 1. The average molecular weight is 275 g/mol. The van der Waals surface area contributed by atoms with Crippen molar-refractivity contribution in [3.63, 3.8) is 0 Å². The van der Waals surface area contributed by atoms with Gasteiger partial charge in [0.05, 0.1) is 14.2 Å². The number of amides is 1. The van der Waals surface area contributed by atoms with E-state index in [1.165, 1.54) is 12.0 Å². The van der Waals surface area contributed by atoms with Gasteiger partial charge in [0, 0.05) is 24.9 Å². The van der Waals surface area contributed by atoms with Gasteiger partial charge in [0.25, 0.3) is 0 Å². The highest BCUT2D eigenvalue weighted by Gasteiger charge is 2.41. The van der Waals surface area contributed by atoms with Gasteiger partial charge in [-0.05, 0) is 37.0 Å². The van der Waals surface area contributed by atoms with Crippen LogP contribution in [0.25, 0.3) is 0 Å². The van der Waals surface area contributed by atoms with E-state index in [2.05, 4.69) is 11.0 Å². The van der Waals surface area contributed by atoms with Crippen molar-refractivity contribution < 1.29 is 14.3 Å². The normalized spacial score (nSPS) is 25.5. The lowest BCUT2D eigenvalue weighted by Crippen LogP contribution is -2.38. The van der Waals surface area contributed by atoms with Crippen LogP contribution in [0.15, 0.2) is 18.2 Å². The van der Waals surface area contributed by atoms with Gasteiger partial charge in [-0.25, -0.2) is 0 Å². The summed E-state index contributed by atoms with van der Waals surface area (Å²) in [6, 6.07) is 6.39. The summed E-state index contributed by atoms with van der Waals surface area (Å²) < 4.78 is 10.7. The SMILES string of the molecule is COc1ccc(C2CC(=O)N3CCCCC23)cc1OC. The average Bonchev–Trinajstić information content (AvgIpc) is 2.84. The Labute approximate surface area is 119 Å². The standard InChI is InChI=1S/C16H21NO3/c1-19-14-7-6-11(9-15(14)20-2)12-10-16(18)17-8-4-3-5-13(12)17/h6-7,9,12-13H,3-5,8,10H2,1-2H3. The molecule has 2 atom stereocenters. The van der Waals surface area contributed by atoms with Gasteiger partial charge in [-0.15, -0.1) is 0 Å². The fourth-order valence-corrected chi connectivity index (χ4v) is 3.55. The molecule has 0 saturated carbocycles. The molecule has 2 saturated heterocycles. The smallest absolute Gasteiger partial charge is 0.223 e. The van der Waals surface area contributed by atoms with Crippen molar-refractivity contribution in [1.29, 1.82) is 0 Å². The number of ether oxygens (including phenoxy) is 2. The molecule has 0 spiro atoms. The molecule has 1 aromatic rings. The predicted octanol–water partition coefficient (Wildman–Crippen LogP) is 2.57. The van der Waals surface area contributed by atoms with E-state index < -0.39 is 0 Å². The number of piperidine rings is 1. The maximum Gasteiger partial charge on any atom is 0.223 e. The second-order valence-electron chi connectivity index (χ2n) is 5.58. The maximum atomic E-state index is 12.1. The van der Waals surface area contributed by atoms with E-state index in [4.69, 9.17) is 9.47 Å². The summed E-state index contributed by atoms with van der Waals surface area (Å²) in [4.78, 5) is 14.2. The van der Waals surface area contributed by atoms with Crippen LogP contribution in [0.2, 0.25) is 0 Å². The molecule has 2 unspecified atom stereocenters. The molecule has 2 aliphatic heterocycles. The minimum atomic E-state index is 0.294. The van der Waals surface area contributed by atoms with E-state index in [9.17, 15) is 4.79 Å². The molecule has 3 rings (SSSR count). The molecule has 4 nitrogen and oxygen atoms in total. The van der Waals surface area contributed by atoms with Crippen molar-refractivity contribution >= 4 is 5.91 Å². The maximum absolute atomic E-state index is 12.1. The molecule has 2 heterocycles. The van der Waals surface area contributed by atoms with E-state index in [1.807, 2.05) is 12.1 Å². The first-order chi connectivity index (χ1) is 9.74. The van der Waals surface area contributed by atoms with Gasteiger partial charge < -0.3 is 14.4 Å². The number of hydrogen-bond acceptors (Lipinski definition) is 3. The number of rotatable bonds is 3. The summed E-state index contributed by atoms with van der Waals surface area (Å²) >= 11 is 0. The number of carbonyl (C=O) groups is 1. The van der Waals surface area contributed by atoms with Crippen LogP contribution in [-0.4, -0.2) is 37.6 Å². The first-order valence-corrected chi connectivity index (χ1v) is 7.26. The fourth-order valence-electron chi connectivity index (χ4n) is 3.55. The minimum Gasteiger partial charge on any atom is -0.493 e. The monoisotopic (exact) mass is 275 g/mol. The van der Waals surface area contributed by atoms with Crippen LogP contribution in [0.4, 0.5) is 0 Å². The predicted molar refractivity (Wildman–Crippen MR) is 76.3 cm³/mol. The number of fused-ring (bicyclic) bond motifs is 1. The third kappa shape index (κ3) is 2.13. The van der Waals surface area contributed by atoms with E-state index in [1.54, 1.807) is 14.2 Å². The second kappa shape index (κ2) is 5.35. The van der Waals surface area contributed by atoms with Crippen molar-refractivity contribution in [2.24, 2.45) is 0 Å². The Balaban J connectivity index is 1.90. The van der Waals surface area contributed by atoms with Gasteiger partial charge in [-0.2, -0.15) is 0 Å². The summed E-state index contributed by atoms with van der Waals surface area (Å²) in [5.41, 5.74) is 1.19. The molecule has 1 amide bonds. The Morgan fingerprint density at radius 1 is 1.15 bits per heavy atom. The van der Waals surface area contributed by atoms with Crippen LogP contribution < -0.4 is 9.47 Å². The van der Waals surface area contributed by atoms with Gasteiger partial charge in [-0.1, -0.05) is 6.07 Å². The van der Waals surface area contributed by atoms with Gasteiger partial charge >= 0.3 is 0 Å². The van der Waals surface area contributed by atoms with Crippen molar-refractivity contribution in [1.82, 2.24) is 4.90 Å². The summed E-state index contributed by atoms with van der Waals surface area (Å²) in [7, 11) is 3.29. The largest absolute Gasteiger partial charge is 0.493 e. The molecule has 108 valence electrons. The highest BCUT2D eigenvalue weighted by atomic mass is 16.5. The van der Waals surface area contributed by atoms with Crippen LogP contribution in [-0.2, 0) is 4.79 Å². The number of nitrogens with zero attached hydrogens (tertiary/aromatic N) is 1. The lowest BCUT2D eigenvalue weighted by atomic mass is 9.87. The van der Waals surface area contributed by atoms with Crippen molar-refractivity contribution in [2.45, 2.75) is 37.6 Å². The zero-order chi connectivity index (χ0) is 14.1. The summed E-state index contributed by atoms with van der Waals surface area (Å²) in [6.07, 6.45) is 4.10. The second-order valence-corrected chi connectivity index (χ2v) is 5.58. The topological polar surface area (TPSA) is 38.8 Å². The molecule has 4 heteroatoms. The summed E-state index contributed by atoms with van der Waals surface area (Å²) in [5, 5.41) is 0. The zero-order valence-corrected chi connectivity index (χ0v) is 12.1. The van der Waals surface area contributed by atoms with Crippen LogP contribution in [0.1, 0.15) is 37.2 Å². The molecule has 0 radical (unpaired) electrons. The molecule has 2 fully saturated rings. The van der Waals surface area contributed by atoms with Gasteiger partial charge in [0.15, 0.2) is 11.5 Å². The Morgan fingerprint density at radius 2 is 1.95 bits per heavy atom. The fraction of sp³-hybridized carbons (Fsp3) is 0.562. The molecule has 1 aromatic carbocycles. The molecule has 0 bridgehead atoms. The Morgan fingerprint density at radius 3 is 2.70 bits per heavy atom. The third-order valence-corrected chi connectivity index (χ3v) is 4.56. The molecule has 0 N–H and O–H groups in total. The number of carbonyl (C=O) groups excluding carboxylic acids is 1. The van der Waals surface area contributed by atoms with Gasteiger partial charge in [0.2, 0.25) is 5.91 Å². The highest BCUT2D eigenvalue weighted by molar-refractivity contribution is 5.80. The zero-order valence-electron chi connectivity index (χ0n) is 12.1. The summed E-state index contributed by atoms with van der Waals surface area (Å²) in [6.45, 7) is 0.924. The van der Waals surface area contributed by atoms with Crippen LogP contribution >= 0.6 is 0 Å². The highest BCUT2D eigenvalue weighted by Crippen LogP contribution is 2.41. The number of methoxy groups -OCH3 is 2. The van der Waals surface area contributed by atoms with Crippen molar-refractivity contribution in [3.8, 4) is 11.5 Å². The number of hydrogen-bond donors (Lipinski definition) is 0. The lowest BCUT2D eigenvalue weighted by Gasteiger charge is -2.32. The van der Waals surface area contributed by atoms with E-state index >= 15 is 0 Å². The van der Waals surface area contributed by atoms with E-state index in [0.717, 1.165) is 30.9 Å². The molecule has 2 aliphatic rings. The van der Waals surface area contributed by atoms with Crippen molar-refractivity contribution in [3.05, 3.63) is 23.8 Å². The minimum absolute atomic E-state index is 0.294. The molecular formula is C16H21NO3. The third-order valence-electron chi connectivity index (χ3n) is 4.56. The Hall–Kier alpha value is -1.71. The Kier molecular flexibility index (Phi) is 3.55. The first kappa shape index (κ1) is 13.3. The van der Waals surface area contributed by atoms with Crippen molar-refractivity contribution in [2.75, 3.05) is 20.8 Å². The van der Waals surface area contributed by atoms with Crippen LogP contribution in [0.3, 0.4) is 0 Å². The van der Waals surface area contributed by atoms with E-state index in [-0.39, 0.29) is 0 Å². The van der Waals surface area contributed by atoms with Crippen LogP contribution in [0.5, 0.6) is 11.5 Å². The van der Waals surface area contributed by atoms with Gasteiger partial charge in [0.1, 0.15) is 0 Å². The Bertz CT molecular complexity index is 514. The molecular weight excluding hydrogens is 254 g/mol. The summed E-state index contributed by atoms with van der Waals surface area (Å²) in [5.74, 6) is 2.07. The molecule has 0 aliphatic carbocycles. The quantitative estimate of drug-likeness (QED) is 0.851. The lowest BCUT2D eigenvalue weighted by molar-refractivity contribution is -0.129. The first-order valence-electron chi connectivity index (χ1n) is 7.26. The molecule has 0 aromatic heterocycles. The van der Waals surface area contributed by atoms with E-state index in [0.29, 0.717) is 24.3 Å².